The van der Waals surface area contributed by atoms with E-state index in [-0.39, 0.29) is 5.91 Å². The Morgan fingerprint density at radius 1 is 1.08 bits per heavy atom. The van der Waals surface area contributed by atoms with Gasteiger partial charge >= 0.3 is 0 Å². The van der Waals surface area contributed by atoms with Crippen LogP contribution in [0.2, 0.25) is 0 Å². The maximum Gasteiger partial charge on any atom is 0.257 e. The first-order valence-electron chi connectivity index (χ1n) is 9.41. The average molecular weight is 353 g/mol. The second kappa shape index (κ2) is 9.34. The number of carbonyl (C=O) groups is 1. The summed E-state index contributed by atoms with van der Waals surface area (Å²) in [6.45, 7) is 6.98. The third kappa shape index (κ3) is 4.82. The van der Waals surface area contributed by atoms with Crippen molar-refractivity contribution in [1.82, 2.24) is 14.8 Å². The van der Waals surface area contributed by atoms with Crippen molar-refractivity contribution in [2.24, 2.45) is 0 Å². The van der Waals surface area contributed by atoms with Crippen molar-refractivity contribution in [2.45, 2.75) is 19.8 Å². The van der Waals surface area contributed by atoms with Crippen molar-refractivity contribution in [3.8, 4) is 5.75 Å². The Labute approximate surface area is 155 Å². The van der Waals surface area contributed by atoms with Crippen LogP contribution in [0.25, 0.3) is 0 Å². The molecule has 0 bridgehead atoms. The number of hydrogen-bond acceptors (Lipinski definition) is 4. The van der Waals surface area contributed by atoms with Crippen LogP contribution in [-0.2, 0) is 6.42 Å². The van der Waals surface area contributed by atoms with Gasteiger partial charge in [0, 0.05) is 51.0 Å². The van der Waals surface area contributed by atoms with E-state index in [2.05, 4.69) is 22.9 Å². The zero-order valence-corrected chi connectivity index (χ0v) is 15.4. The van der Waals surface area contributed by atoms with Gasteiger partial charge in [0.1, 0.15) is 5.75 Å². The zero-order valence-electron chi connectivity index (χ0n) is 15.4. The molecular weight excluding hydrogens is 326 g/mol. The number of amides is 1. The molecule has 1 saturated heterocycles. The Balaban J connectivity index is 1.52. The molecule has 0 spiro atoms. The van der Waals surface area contributed by atoms with Gasteiger partial charge in [0.25, 0.3) is 5.91 Å². The van der Waals surface area contributed by atoms with Gasteiger partial charge in [-0.15, -0.1) is 0 Å². The van der Waals surface area contributed by atoms with E-state index in [1.807, 2.05) is 47.5 Å². The van der Waals surface area contributed by atoms with Gasteiger partial charge in [-0.3, -0.25) is 14.7 Å². The standard InChI is InChI=1S/C21H27N3O2/c1-2-17-26-20-9-4-3-8-19(20)21(25)24-15-13-23(14-16-24)12-10-18-7-5-6-11-22-18/h3-9,11H,2,10,12-17H2,1H3. The molecule has 1 aromatic heterocycles. The molecule has 2 heterocycles. The number of nitrogens with zero attached hydrogens (tertiary/aromatic N) is 3. The van der Waals surface area contributed by atoms with Crippen molar-refractivity contribution in [3.63, 3.8) is 0 Å². The van der Waals surface area contributed by atoms with Gasteiger partial charge in [-0.25, -0.2) is 0 Å². The summed E-state index contributed by atoms with van der Waals surface area (Å²) >= 11 is 0. The highest BCUT2D eigenvalue weighted by molar-refractivity contribution is 5.97. The van der Waals surface area contributed by atoms with Crippen molar-refractivity contribution >= 4 is 5.91 Å². The number of rotatable bonds is 7. The van der Waals surface area contributed by atoms with E-state index in [4.69, 9.17) is 4.74 Å². The first kappa shape index (κ1) is 18.4. The predicted molar refractivity (Wildman–Crippen MR) is 103 cm³/mol. The number of para-hydroxylation sites is 1. The van der Waals surface area contributed by atoms with Gasteiger partial charge in [-0.1, -0.05) is 25.1 Å². The fourth-order valence-corrected chi connectivity index (χ4v) is 3.14. The Bertz CT molecular complexity index is 697. The molecule has 1 aliphatic rings. The number of aromatic nitrogens is 1. The van der Waals surface area contributed by atoms with Crippen LogP contribution >= 0.6 is 0 Å². The normalized spacial score (nSPS) is 15.0. The summed E-state index contributed by atoms with van der Waals surface area (Å²) in [5.41, 5.74) is 1.79. The highest BCUT2D eigenvalue weighted by atomic mass is 16.5. The minimum atomic E-state index is 0.0704. The van der Waals surface area contributed by atoms with Crippen LogP contribution in [0.4, 0.5) is 0 Å². The third-order valence-corrected chi connectivity index (χ3v) is 4.65. The molecule has 0 unspecified atom stereocenters. The average Bonchev–Trinajstić information content (AvgIpc) is 2.71. The Morgan fingerprint density at radius 3 is 2.58 bits per heavy atom. The molecule has 1 fully saturated rings. The Kier molecular flexibility index (Phi) is 6.61. The number of pyridine rings is 1. The van der Waals surface area contributed by atoms with E-state index < -0.39 is 0 Å². The van der Waals surface area contributed by atoms with E-state index in [1.165, 1.54) is 0 Å². The van der Waals surface area contributed by atoms with E-state index >= 15 is 0 Å². The first-order chi connectivity index (χ1) is 12.8. The van der Waals surface area contributed by atoms with Crippen LogP contribution < -0.4 is 4.74 Å². The molecule has 0 N–H and O–H groups in total. The van der Waals surface area contributed by atoms with Gasteiger partial charge < -0.3 is 9.64 Å². The molecule has 0 aliphatic carbocycles. The summed E-state index contributed by atoms with van der Waals surface area (Å²) in [6.07, 6.45) is 3.71. The summed E-state index contributed by atoms with van der Waals surface area (Å²) in [6, 6.07) is 13.6. The van der Waals surface area contributed by atoms with E-state index in [9.17, 15) is 4.79 Å². The highest BCUT2D eigenvalue weighted by Crippen LogP contribution is 2.21. The number of benzene rings is 1. The number of ether oxygens (including phenoxy) is 1. The molecule has 1 aliphatic heterocycles. The van der Waals surface area contributed by atoms with Gasteiger partial charge in [0.05, 0.1) is 12.2 Å². The molecule has 26 heavy (non-hydrogen) atoms. The molecule has 138 valence electrons. The fraction of sp³-hybridized carbons (Fsp3) is 0.429. The van der Waals surface area contributed by atoms with E-state index in [1.54, 1.807) is 0 Å². The van der Waals surface area contributed by atoms with Crippen LogP contribution in [0.3, 0.4) is 0 Å². The van der Waals surface area contributed by atoms with Gasteiger partial charge in [0.2, 0.25) is 0 Å². The summed E-state index contributed by atoms with van der Waals surface area (Å²) < 4.78 is 5.74. The van der Waals surface area contributed by atoms with Crippen molar-refractivity contribution in [3.05, 3.63) is 59.9 Å². The smallest absolute Gasteiger partial charge is 0.257 e. The Morgan fingerprint density at radius 2 is 1.85 bits per heavy atom. The SMILES string of the molecule is CCCOc1ccccc1C(=O)N1CCN(CCc2ccccn2)CC1. The van der Waals surface area contributed by atoms with Gasteiger partial charge in [-0.2, -0.15) is 0 Å². The molecule has 1 amide bonds. The van der Waals surface area contributed by atoms with Crippen LogP contribution in [0.1, 0.15) is 29.4 Å². The summed E-state index contributed by atoms with van der Waals surface area (Å²) in [5.74, 6) is 0.762. The lowest BCUT2D eigenvalue weighted by atomic mass is 10.1. The maximum absolute atomic E-state index is 12.9. The molecule has 5 heteroatoms. The minimum absolute atomic E-state index is 0.0704. The summed E-state index contributed by atoms with van der Waals surface area (Å²) in [7, 11) is 0. The van der Waals surface area contributed by atoms with E-state index in [0.717, 1.165) is 51.3 Å². The third-order valence-electron chi connectivity index (χ3n) is 4.65. The maximum atomic E-state index is 12.9. The topological polar surface area (TPSA) is 45.7 Å². The number of hydrogen-bond donors (Lipinski definition) is 0. The van der Waals surface area contributed by atoms with E-state index in [0.29, 0.717) is 17.9 Å². The predicted octanol–water partition coefficient (Wildman–Crippen LogP) is 2.87. The molecular formula is C21H27N3O2. The number of carbonyl (C=O) groups excluding carboxylic acids is 1. The van der Waals surface area contributed by atoms with Crippen molar-refractivity contribution < 1.29 is 9.53 Å². The molecule has 0 atom stereocenters. The molecule has 0 saturated carbocycles. The first-order valence-corrected chi connectivity index (χ1v) is 9.41. The van der Waals surface area contributed by atoms with Crippen LogP contribution in [-0.4, -0.2) is 60.0 Å². The lowest BCUT2D eigenvalue weighted by Crippen LogP contribution is -2.49. The van der Waals surface area contributed by atoms with Crippen LogP contribution in [0.5, 0.6) is 5.75 Å². The lowest BCUT2D eigenvalue weighted by molar-refractivity contribution is 0.0634. The highest BCUT2D eigenvalue weighted by Gasteiger charge is 2.24. The Hall–Kier alpha value is -2.40. The second-order valence-electron chi connectivity index (χ2n) is 6.55. The zero-order chi connectivity index (χ0) is 18.2. The quantitative estimate of drug-likeness (QED) is 0.768. The fourth-order valence-electron chi connectivity index (χ4n) is 3.14. The molecule has 1 aromatic carbocycles. The second-order valence-corrected chi connectivity index (χ2v) is 6.55. The van der Waals surface area contributed by atoms with Crippen molar-refractivity contribution in [2.75, 3.05) is 39.3 Å². The van der Waals surface area contributed by atoms with Crippen molar-refractivity contribution in [1.29, 1.82) is 0 Å². The number of piperazine rings is 1. The monoisotopic (exact) mass is 353 g/mol. The summed E-state index contributed by atoms with van der Waals surface area (Å²) in [5, 5.41) is 0. The molecule has 0 radical (unpaired) electrons. The minimum Gasteiger partial charge on any atom is -0.493 e. The molecule has 2 aromatic rings. The largest absolute Gasteiger partial charge is 0.493 e. The molecule has 3 rings (SSSR count). The molecule has 5 nitrogen and oxygen atoms in total. The van der Waals surface area contributed by atoms with Crippen LogP contribution in [0.15, 0.2) is 48.7 Å². The van der Waals surface area contributed by atoms with Crippen LogP contribution in [0, 0.1) is 0 Å². The van der Waals surface area contributed by atoms with Gasteiger partial charge in [0.15, 0.2) is 0 Å². The lowest BCUT2D eigenvalue weighted by Gasteiger charge is -2.35. The van der Waals surface area contributed by atoms with Gasteiger partial charge in [-0.05, 0) is 30.7 Å². The summed E-state index contributed by atoms with van der Waals surface area (Å²) in [4.78, 5) is 21.6.